The maximum atomic E-state index is 2.61. The van der Waals surface area contributed by atoms with Gasteiger partial charge in [-0.1, -0.05) is 85.8 Å². The van der Waals surface area contributed by atoms with Crippen LogP contribution in [0.15, 0.2) is 74.9 Å². The molecule has 37 heavy (non-hydrogen) atoms. The summed E-state index contributed by atoms with van der Waals surface area (Å²) in [5, 5.41) is 0. The Labute approximate surface area is 228 Å². The van der Waals surface area contributed by atoms with E-state index >= 15 is 0 Å². The van der Waals surface area contributed by atoms with Crippen molar-refractivity contribution in [2.45, 2.75) is 94.7 Å². The van der Waals surface area contributed by atoms with Crippen molar-refractivity contribution in [3.63, 3.8) is 0 Å². The van der Waals surface area contributed by atoms with E-state index in [-0.39, 0.29) is 0 Å². The number of hydrogen-bond donors (Lipinski definition) is 0. The fraction of sp³-hybridized carbons (Fsp3) is 0.611. The molecule has 0 bridgehead atoms. The topological polar surface area (TPSA) is 0 Å². The Hall–Kier alpha value is -1.76. The van der Waals surface area contributed by atoms with E-state index in [0.29, 0.717) is 53.9 Å². The lowest BCUT2D eigenvalue weighted by Crippen LogP contribution is -2.47. The Morgan fingerprint density at radius 3 is 1.11 bits per heavy atom. The molecule has 2 saturated carbocycles. The average Bonchev–Trinajstić information content (AvgIpc) is 3.30. The maximum absolute atomic E-state index is 2.61. The summed E-state index contributed by atoms with van der Waals surface area (Å²) >= 11 is 0. The minimum atomic E-state index is 0.587. The van der Waals surface area contributed by atoms with Gasteiger partial charge in [-0.25, -0.2) is 0 Å². The zero-order valence-corrected chi connectivity index (χ0v) is 25.7. The largest absolute Gasteiger partial charge is 0.183 e. The highest BCUT2D eigenvalue weighted by atomic mass is 14.6. The van der Waals surface area contributed by atoms with E-state index in [1.54, 1.807) is 50.0 Å². The quantitative estimate of drug-likeness (QED) is 0.367. The fourth-order valence-corrected chi connectivity index (χ4v) is 10.2. The molecule has 0 heterocycles. The Bertz CT molecular complexity index is 1130. The van der Waals surface area contributed by atoms with Gasteiger partial charge < -0.3 is 0 Å². The molecule has 4 aliphatic rings. The van der Waals surface area contributed by atoms with Gasteiger partial charge in [-0.2, -0.15) is 0 Å². The van der Waals surface area contributed by atoms with E-state index in [0.717, 1.165) is 11.8 Å². The highest BCUT2D eigenvalue weighted by Gasteiger charge is 2.60. The first-order valence-corrected chi connectivity index (χ1v) is 15.2. The lowest BCUT2D eigenvalue weighted by Gasteiger charge is -2.43. The predicted octanol–water partition coefficient (Wildman–Crippen LogP) is 9.54. The van der Waals surface area contributed by atoms with Gasteiger partial charge in [0.1, 0.15) is 0 Å². The summed E-state index contributed by atoms with van der Waals surface area (Å²) in [7, 11) is 0. The van der Waals surface area contributed by atoms with Crippen molar-refractivity contribution in [3.8, 4) is 0 Å². The van der Waals surface area contributed by atoms with Crippen LogP contribution in [0.5, 0.6) is 0 Å². The third-order valence-electron chi connectivity index (χ3n) is 13.1. The van der Waals surface area contributed by atoms with Gasteiger partial charge in [0.25, 0.3) is 0 Å². The molecular weight excluding hydrogens is 443 g/mol. The van der Waals surface area contributed by atoms with Crippen molar-refractivity contribution in [2.75, 3.05) is 0 Å². The SMILES string of the molecule is CC1=C(C)C2C(C)C(C)C(B(c3ccccc3)C3C(C)C(C)C4C(C)=C(C)C(C)=C(C)C34)C2C(C)=C1C. The predicted molar refractivity (Wildman–Crippen MR) is 163 cm³/mol. The van der Waals surface area contributed by atoms with Crippen LogP contribution in [0.4, 0.5) is 0 Å². The van der Waals surface area contributed by atoms with E-state index in [9.17, 15) is 0 Å². The molecule has 0 N–H and O–H groups in total. The van der Waals surface area contributed by atoms with E-state index in [4.69, 9.17) is 0 Å². The molecule has 1 aromatic rings. The lowest BCUT2D eigenvalue weighted by molar-refractivity contribution is 0.370. The first-order chi connectivity index (χ1) is 17.4. The third-order valence-corrected chi connectivity index (χ3v) is 13.1. The first kappa shape index (κ1) is 26.8. The Kier molecular flexibility index (Phi) is 6.86. The van der Waals surface area contributed by atoms with Crippen LogP contribution in [0, 0.1) is 47.3 Å². The fourth-order valence-electron chi connectivity index (χ4n) is 10.2. The molecule has 1 aromatic carbocycles. The Morgan fingerprint density at radius 2 is 0.757 bits per heavy atom. The first-order valence-electron chi connectivity index (χ1n) is 15.2. The number of benzene rings is 1. The molecule has 0 nitrogen and oxygen atoms in total. The molecule has 10 atom stereocenters. The van der Waals surface area contributed by atoms with Crippen molar-refractivity contribution >= 4 is 12.2 Å². The summed E-state index contributed by atoms with van der Waals surface area (Å²) in [6, 6.07) is 11.8. The molecule has 0 radical (unpaired) electrons. The average molecular weight is 495 g/mol. The molecule has 5 rings (SSSR count). The van der Waals surface area contributed by atoms with Crippen LogP contribution >= 0.6 is 0 Å². The number of fused-ring (bicyclic) bond motifs is 2. The minimum Gasteiger partial charge on any atom is -0.0794 e. The van der Waals surface area contributed by atoms with Crippen LogP contribution in [0.2, 0.25) is 11.6 Å². The summed E-state index contributed by atoms with van der Waals surface area (Å²) in [6.45, 7) is 30.4. The molecule has 2 fully saturated rings. The van der Waals surface area contributed by atoms with Crippen molar-refractivity contribution in [2.24, 2.45) is 47.3 Å². The number of hydrogen-bond acceptors (Lipinski definition) is 0. The second kappa shape index (κ2) is 9.46. The van der Waals surface area contributed by atoms with Crippen molar-refractivity contribution in [1.82, 2.24) is 0 Å². The molecule has 0 amide bonds. The van der Waals surface area contributed by atoms with E-state index in [1.807, 2.05) is 0 Å². The summed E-state index contributed by atoms with van der Waals surface area (Å²) in [5.74, 6) is 6.91. The van der Waals surface area contributed by atoms with Gasteiger partial charge in [0.2, 0.25) is 0 Å². The number of allylic oxidation sites excluding steroid dienone is 8. The molecule has 4 aliphatic carbocycles. The van der Waals surface area contributed by atoms with Crippen LogP contribution in [0.1, 0.15) is 83.1 Å². The van der Waals surface area contributed by atoms with Crippen LogP contribution in [0.25, 0.3) is 0 Å². The maximum Gasteiger partial charge on any atom is 0.183 e. The third kappa shape index (κ3) is 3.69. The van der Waals surface area contributed by atoms with Gasteiger partial charge >= 0.3 is 0 Å². The van der Waals surface area contributed by atoms with Gasteiger partial charge in [-0.05, 0) is 137 Å². The van der Waals surface area contributed by atoms with Crippen molar-refractivity contribution in [3.05, 3.63) is 74.9 Å². The van der Waals surface area contributed by atoms with Crippen LogP contribution in [0.3, 0.4) is 0 Å². The van der Waals surface area contributed by atoms with Crippen LogP contribution in [-0.2, 0) is 0 Å². The van der Waals surface area contributed by atoms with Gasteiger partial charge in [0, 0.05) is 0 Å². The van der Waals surface area contributed by atoms with Gasteiger partial charge in [0.05, 0.1) is 0 Å². The summed E-state index contributed by atoms with van der Waals surface area (Å²) in [6.07, 6.45) is 0. The zero-order valence-electron chi connectivity index (χ0n) is 25.7. The standard InChI is InChI=1S/C36H51B/c1-18-20(3)24(7)33-31(22(18)5)26(9)28(11)35(33)37(30-16-14-13-15-17-30)36-29(12)27(10)32-23(6)19(2)21(4)25(8)34(32)36/h13-17,26-29,31-36H,1-12H3. The van der Waals surface area contributed by atoms with Crippen molar-refractivity contribution in [1.29, 1.82) is 0 Å². The molecule has 198 valence electrons. The molecule has 0 aliphatic heterocycles. The smallest absolute Gasteiger partial charge is 0.0794 e. The van der Waals surface area contributed by atoms with Crippen LogP contribution in [-0.4, -0.2) is 6.71 Å². The van der Waals surface area contributed by atoms with Crippen LogP contribution < -0.4 is 5.46 Å². The Morgan fingerprint density at radius 1 is 0.432 bits per heavy atom. The van der Waals surface area contributed by atoms with Gasteiger partial charge in [-0.3, -0.25) is 0 Å². The molecule has 1 heteroatoms. The minimum absolute atomic E-state index is 0.587. The zero-order chi connectivity index (χ0) is 27.1. The summed E-state index contributed by atoms with van der Waals surface area (Å²) < 4.78 is 0. The second-order valence-electron chi connectivity index (χ2n) is 13.9. The highest BCUT2D eigenvalue weighted by molar-refractivity contribution is 6.76. The second-order valence-corrected chi connectivity index (χ2v) is 13.9. The molecule has 0 saturated heterocycles. The molecule has 10 unspecified atom stereocenters. The van der Waals surface area contributed by atoms with Gasteiger partial charge in [-0.15, -0.1) is 0 Å². The Balaban J connectivity index is 1.72. The lowest BCUT2D eigenvalue weighted by atomic mass is 9.25. The summed E-state index contributed by atoms with van der Waals surface area (Å²) in [5.41, 5.74) is 14.6. The van der Waals surface area contributed by atoms with Gasteiger partial charge in [0.15, 0.2) is 6.71 Å². The highest BCUT2D eigenvalue weighted by Crippen LogP contribution is 2.65. The molecule has 0 aromatic heterocycles. The summed E-state index contributed by atoms with van der Waals surface area (Å²) in [4.78, 5) is 0. The van der Waals surface area contributed by atoms with E-state index in [2.05, 4.69) is 113 Å². The monoisotopic (exact) mass is 494 g/mol. The van der Waals surface area contributed by atoms with E-state index in [1.165, 1.54) is 0 Å². The van der Waals surface area contributed by atoms with Crippen molar-refractivity contribution < 1.29 is 0 Å². The molecular formula is C36H51B. The molecule has 0 spiro atoms. The number of rotatable bonds is 3. The van der Waals surface area contributed by atoms with E-state index < -0.39 is 0 Å². The normalized spacial score (nSPS) is 40.0.